The number of nitrogens with zero attached hydrogens (tertiary/aromatic N) is 2. The average molecular weight is 404 g/mol. The Bertz CT molecular complexity index is 996. The molecule has 0 aliphatic rings. The lowest BCUT2D eigenvalue weighted by Gasteiger charge is -2.17. The summed E-state index contributed by atoms with van der Waals surface area (Å²) in [6.45, 7) is 4.02. The number of methoxy groups -OCH3 is 1. The van der Waals surface area contributed by atoms with Crippen molar-refractivity contribution in [2.75, 3.05) is 18.2 Å². The SMILES string of the molecule is CCC(C)n1c(SCC(=O)Nc2ccc(OC)cc2)nc2ccsc2c1=O. The molecule has 2 aromatic heterocycles. The Hall–Kier alpha value is -2.32. The molecule has 0 bridgehead atoms. The summed E-state index contributed by atoms with van der Waals surface area (Å²) in [5.41, 5.74) is 1.34. The number of hydrogen-bond acceptors (Lipinski definition) is 6. The third kappa shape index (κ3) is 4.33. The number of aromatic nitrogens is 2. The van der Waals surface area contributed by atoms with Crippen LogP contribution in [-0.4, -0.2) is 28.3 Å². The Morgan fingerprint density at radius 1 is 1.33 bits per heavy atom. The molecule has 1 atom stereocenters. The van der Waals surface area contributed by atoms with Crippen LogP contribution in [0, 0.1) is 0 Å². The molecule has 0 spiro atoms. The van der Waals surface area contributed by atoms with Crippen molar-refractivity contribution in [1.29, 1.82) is 0 Å². The van der Waals surface area contributed by atoms with E-state index >= 15 is 0 Å². The van der Waals surface area contributed by atoms with Gasteiger partial charge in [0, 0.05) is 11.7 Å². The summed E-state index contributed by atoms with van der Waals surface area (Å²) in [7, 11) is 1.60. The molecule has 1 aromatic carbocycles. The lowest BCUT2D eigenvalue weighted by molar-refractivity contribution is -0.113. The van der Waals surface area contributed by atoms with Gasteiger partial charge in [0.25, 0.3) is 5.56 Å². The minimum Gasteiger partial charge on any atom is -0.497 e. The maximum Gasteiger partial charge on any atom is 0.272 e. The fourth-order valence-electron chi connectivity index (χ4n) is 2.58. The molecule has 1 N–H and O–H groups in total. The number of anilines is 1. The first-order valence-corrected chi connectivity index (χ1v) is 10.5. The van der Waals surface area contributed by atoms with Crippen LogP contribution in [0.2, 0.25) is 0 Å². The fourth-order valence-corrected chi connectivity index (χ4v) is 4.24. The van der Waals surface area contributed by atoms with Crippen LogP contribution >= 0.6 is 23.1 Å². The van der Waals surface area contributed by atoms with Crippen LogP contribution in [0.5, 0.6) is 5.75 Å². The zero-order valence-corrected chi connectivity index (χ0v) is 17.0. The summed E-state index contributed by atoms with van der Waals surface area (Å²) >= 11 is 2.68. The number of benzene rings is 1. The van der Waals surface area contributed by atoms with Crippen molar-refractivity contribution < 1.29 is 9.53 Å². The van der Waals surface area contributed by atoms with Crippen molar-refractivity contribution in [3.8, 4) is 5.75 Å². The second kappa shape index (κ2) is 8.58. The first kappa shape index (κ1) is 19.4. The Labute approximate surface area is 165 Å². The molecule has 6 nitrogen and oxygen atoms in total. The van der Waals surface area contributed by atoms with Gasteiger partial charge in [-0.1, -0.05) is 18.7 Å². The van der Waals surface area contributed by atoms with Gasteiger partial charge in [0.05, 0.1) is 18.4 Å². The van der Waals surface area contributed by atoms with Crippen LogP contribution in [-0.2, 0) is 4.79 Å². The van der Waals surface area contributed by atoms with Crippen LogP contribution in [0.15, 0.2) is 45.7 Å². The van der Waals surface area contributed by atoms with Crippen molar-refractivity contribution in [2.24, 2.45) is 0 Å². The standard InChI is InChI=1S/C19H21N3O3S2/c1-4-12(2)22-18(24)17-15(9-10-26-17)21-19(22)27-11-16(23)20-13-5-7-14(25-3)8-6-13/h5-10,12H,4,11H2,1-3H3,(H,20,23). The van der Waals surface area contributed by atoms with E-state index in [0.29, 0.717) is 21.1 Å². The highest BCUT2D eigenvalue weighted by Crippen LogP contribution is 2.24. The lowest BCUT2D eigenvalue weighted by Crippen LogP contribution is -2.26. The van der Waals surface area contributed by atoms with Gasteiger partial charge in [0.1, 0.15) is 10.4 Å². The number of hydrogen-bond donors (Lipinski definition) is 1. The van der Waals surface area contributed by atoms with Crippen LogP contribution in [0.25, 0.3) is 10.2 Å². The normalized spacial score (nSPS) is 12.1. The highest BCUT2D eigenvalue weighted by atomic mass is 32.2. The third-order valence-corrected chi connectivity index (χ3v) is 6.06. The van der Waals surface area contributed by atoms with Crippen molar-refractivity contribution in [1.82, 2.24) is 9.55 Å². The van der Waals surface area contributed by atoms with Crippen LogP contribution < -0.4 is 15.6 Å². The van der Waals surface area contributed by atoms with E-state index in [1.807, 2.05) is 25.3 Å². The Morgan fingerprint density at radius 3 is 2.74 bits per heavy atom. The molecule has 0 aliphatic heterocycles. The zero-order valence-electron chi connectivity index (χ0n) is 15.4. The Balaban J connectivity index is 1.77. The average Bonchev–Trinajstić information content (AvgIpc) is 3.15. The van der Waals surface area contributed by atoms with Gasteiger partial charge in [-0.15, -0.1) is 11.3 Å². The summed E-state index contributed by atoms with van der Waals surface area (Å²) in [6.07, 6.45) is 0.810. The molecule has 1 unspecified atom stereocenters. The lowest BCUT2D eigenvalue weighted by atomic mass is 10.2. The molecule has 0 fully saturated rings. The molecule has 0 aliphatic carbocycles. The predicted octanol–water partition coefficient (Wildman–Crippen LogP) is 4.17. The quantitative estimate of drug-likeness (QED) is 0.473. The first-order chi connectivity index (χ1) is 13.0. The molecule has 3 aromatic rings. The number of rotatable bonds is 7. The second-order valence-electron chi connectivity index (χ2n) is 6.03. The van der Waals surface area contributed by atoms with E-state index in [9.17, 15) is 9.59 Å². The predicted molar refractivity (Wildman–Crippen MR) is 111 cm³/mol. The van der Waals surface area contributed by atoms with Gasteiger partial charge in [-0.3, -0.25) is 14.2 Å². The van der Waals surface area contributed by atoms with Gasteiger partial charge in [-0.05, 0) is 49.1 Å². The topological polar surface area (TPSA) is 73.2 Å². The molecule has 142 valence electrons. The number of carbonyl (C=O) groups is 1. The van der Waals surface area contributed by atoms with Gasteiger partial charge in [0.15, 0.2) is 5.16 Å². The van der Waals surface area contributed by atoms with E-state index < -0.39 is 0 Å². The number of nitrogens with one attached hydrogen (secondary N) is 1. The molecule has 8 heteroatoms. The fraction of sp³-hybridized carbons (Fsp3) is 0.316. The van der Waals surface area contributed by atoms with Gasteiger partial charge < -0.3 is 10.1 Å². The van der Waals surface area contributed by atoms with Gasteiger partial charge in [-0.25, -0.2) is 4.98 Å². The molecule has 3 rings (SSSR count). The number of thiophene rings is 1. The van der Waals surface area contributed by atoms with Crippen LogP contribution in [0.1, 0.15) is 26.3 Å². The minimum absolute atomic E-state index is 0.0173. The maximum absolute atomic E-state index is 12.8. The Morgan fingerprint density at radius 2 is 2.07 bits per heavy atom. The minimum atomic E-state index is -0.152. The third-order valence-electron chi connectivity index (χ3n) is 4.22. The molecule has 2 heterocycles. The van der Waals surface area contributed by atoms with E-state index in [0.717, 1.165) is 12.2 Å². The summed E-state index contributed by atoms with van der Waals surface area (Å²) in [5.74, 6) is 0.749. The highest BCUT2D eigenvalue weighted by Gasteiger charge is 2.17. The van der Waals surface area contributed by atoms with Crippen molar-refractivity contribution in [2.45, 2.75) is 31.5 Å². The largest absolute Gasteiger partial charge is 0.497 e. The monoisotopic (exact) mass is 403 g/mol. The molecule has 0 saturated carbocycles. The van der Waals surface area contributed by atoms with E-state index in [4.69, 9.17) is 4.74 Å². The first-order valence-electron chi connectivity index (χ1n) is 8.60. The highest BCUT2D eigenvalue weighted by molar-refractivity contribution is 7.99. The summed E-state index contributed by atoms with van der Waals surface area (Å²) < 4.78 is 7.46. The summed E-state index contributed by atoms with van der Waals surface area (Å²) in [4.78, 5) is 29.7. The number of ether oxygens (including phenoxy) is 1. The van der Waals surface area contributed by atoms with Crippen molar-refractivity contribution in [3.05, 3.63) is 46.1 Å². The molecule has 1 amide bonds. The zero-order chi connectivity index (χ0) is 19.4. The second-order valence-corrected chi connectivity index (χ2v) is 7.89. The van der Waals surface area contributed by atoms with E-state index in [-0.39, 0.29) is 23.3 Å². The Kier molecular flexibility index (Phi) is 6.18. The maximum atomic E-state index is 12.8. The van der Waals surface area contributed by atoms with Crippen LogP contribution in [0.4, 0.5) is 5.69 Å². The number of fused-ring (bicyclic) bond motifs is 1. The molecule has 27 heavy (non-hydrogen) atoms. The van der Waals surface area contributed by atoms with Crippen molar-refractivity contribution in [3.63, 3.8) is 0 Å². The van der Waals surface area contributed by atoms with Crippen LogP contribution in [0.3, 0.4) is 0 Å². The molecule has 0 radical (unpaired) electrons. The van der Waals surface area contributed by atoms with E-state index in [1.54, 1.807) is 35.9 Å². The summed E-state index contributed by atoms with van der Waals surface area (Å²) in [5, 5.41) is 5.28. The van der Waals surface area contributed by atoms with E-state index in [1.165, 1.54) is 23.1 Å². The van der Waals surface area contributed by atoms with Gasteiger partial charge in [0.2, 0.25) is 5.91 Å². The van der Waals surface area contributed by atoms with Gasteiger partial charge in [-0.2, -0.15) is 0 Å². The van der Waals surface area contributed by atoms with Gasteiger partial charge >= 0.3 is 0 Å². The number of carbonyl (C=O) groups excluding carboxylic acids is 1. The number of thioether (sulfide) groups is 1. The molecule has 0 saturated heterocycles. The summed E-state index contributed by atoms with van der Waals surface area (Å²) in [6, 6.07) is 9.00. The smallest absolute Gasteiger partial charge is 0.272 e. The van der Waals surface area contributed by atoms with E-state index in [2.05, 4.69) is 10.3 Å². The molecular formula is C19H21N3O3S2. The number of amides is 1. The molecular weight excluding hydrogens is 382 g/mol. The van der Waals surface area contributed by atoms with Crippen molar-refractivity contribution >= 4 is 44.9 Å².